The average molecular weight is 667 g/mol. The SMILES string of the molecule is CC1(C)c2ccccc2-c2ccc(N(c3cccc(-n4c5cccc6ccc7cccc4c7c65)c3)c3ccc4c(c3)C(C)(C)c3ccccc3-4)cc21. The summed E-state index contributed by atoms with van der Waals surface area (Å²) in [4.78, 5) is 2.48. The van der Waals surface area contributed by atoms with Crippen molar-refractivity contribution < 1.29 is 0 Å². The second-order valence-corrected chi connectivity index (χ2v) is 15.8. The maximum Gasteiger partial charge on any atom is 0.0547 e. The molecule has 248 valence electrons. The summed E-state index contributed by atoms with van der Waals surface area (Å²) in [5, 5.41) is 5.22. The number of hydrogen-bond acceptors (Lipinski definition) is 1. The van der Waals surface area contributed by atoms with Crippen molar-refractivity contribution in [2.45, 2.75) is 38.5 Å². The van der Waals surface area contributed by atoms with Crippen molar-refractivity contribution in [1.29, 1.82) is 0 Å². The first-order chi connectivity index (χ1) is 25.3. The van der Waals surface area contributed by atoms with Crippen LogP contribution in [0, 0.1) is 0 Å². The zero-order chi connectivity index (χ0) is 34.9. The first-order valence-corrected chi connectivity index (χ1v) is 18.4. The molecule has 0 amide bonds. The summed E-state index contributed by atoms with van der Waals surface area (Å²) in [6, 6.07) is 59.1. The molecule has 0 N–H and O–H groups in total. The number of aromatic nitrogens is 1. The van der Waals surface area contributed by atoms with E-state index >= 15 is 0 Å². The monoisotopic (exact) mass is 666 g/mol. The number of fused-ring (bicyclic) bond motifs is 6. The molecule has 0 spiro atoms. The third-order valence-corrected chi connectivity index (χ3v) is 12.3. The third-order valence-electron chi connectivity index (χ3n) is 12.3. The van der Waals surface area contributed by atoms with Gasteiger partial charge < -0.3 is 9.47 Å². The summed E-state index contributed by atoms with van der Waals surface area (Å²) in [5.74, 6) is 0. The summed E-state index contributed by atoms with van der Waals surface area (Å²) < 4.78 is 2.46. The van der Waals surface area contributed by atoms with E-state index in [1.807, 2.05) is 0 Å². The van der Waals surface area contributed by atoms with Gasteiger partial charge in [-0.25, -0.2) is 0 Å². The summed E-state index contributed by atoms with van der Waals surface area (Å²) >= 11 is 0. The lowest BCUT2D eigenvalue weighted by atomic mass is 9.82. The summed E-state index contributed by atoms with van der Waals surface area (Å²) in [6.45, 7) is 9.48. The van der Waals surface area contributed by atoms with Gasteiger partial charge in [-0.1, -0.05) is 131 Å². The average Bonchev–Trinajstić information content (AvgIpc) is 3.72. The van der Waals surface area contributed by atoms with Crippen molar-refractivity contribution in [3.63, 3.8) is 0 Å². The molecule has 0 aliphatic heterocycles. The van der Waals surface area contributed by atoms with Crippen molar-refractivity contribution in [3.8, 4) is 27.9 Å². The molecule has 8 aromatic carbocycles. The molecular weight excluding hydrogens is 629 g/mol. The topological polar surface area (TPSA) is 8.17 Å². The van der Waals surface area contributed by atoms with Crippen LogP contribution in [0.5, 0.6) is 0 Å². The Morgan fingerprint density at radius 1 is 0.385 bits per heavy atom. The quantitative estimate of drug-likeness (QED) is 0.170. The van der Waals surface area contributed by atoms with Crippen LogP contribution in [0.2, 0.25) is 0 Å². The highest BCUT2D eigenvalue weighted by Crippen LogP contribution is 2.53. The number of hydrogen-bond donors (Lipinski definition) is 0. The fourth-order valence-corrected chi connectivity index (χ4v) is 9.78. The molecule has 2 heteroatoms. The predicted molar refractivity (Wildman–Crippen MR) is 219 cm³/mol. The number of rotatable bonds is 4. The highest BCUT2D eigenvalue weighted by Gasteiger charge is 2.37. The molecule has 0 saturated heterocycles. The van der Waals surface area contributed by atoms with E-state index in [0.717, 1.165) is 11.4 Å². The van der Waals surface area contributed by atoms with Crippen LogP contribution < -0.4 is 4.90 Å². The molecule has 0 atom stereocenters. The van der Waals surface area contributed by atoms with Crippen LogP contribution in [0.1, 0.15) is 49.9 Å². The maximum absolute atomic E-state index is 2.48. The second kappa shape index (κ2) is 10.2. The van der Waals surface area contributed by atoms with E-state index in [9.17, 15) is 0 Å². The fraction of sp³-hybridized carbons (Fsp3) is 0.120. The molecule has 0 unspecified atom stereocenters. The van der Waals surface area contributed by atoms with Gasteiger partial charge in [0.1, 0.15) is 0 Å². The fourth-order valence-electron chi connectivity index (χ4n) is 9.78. The van der Waals surface area contributed by atoms with Crippen LogP contribution >= 0.6 is 0 Å². The van der Waals surface area contributed by atoms with Crippen molar-refractivity contribution in [2.24, 2.45) is 0 Å². The molecule has 2 nitrogen and oxygen atoms in total. The minimum Gasteiger partial charge on any atom is -0.310 e. The molecule has 11 rings (SSSR count). The van der Waals surface area contributed by atoms with E-state index in [1.54, 1.807) is 0 Å². The lowest BCUT2D eigenvalue weighted by Gasteiger charge is -2.30. The van der Waals surface area contributed by atoms with Gasteiger partial charge in [0.25, 0.3) is 0 Å². The molecular formula is C50H38N2. The van der Waals surface area contributed by atoms with E-state index in [4.69, 9.17) is 0 Å². The Kier molecular flexibility index (Phi) is 5.83. The van der Waals surface area contributed by atoms with Gasteiger partial charge >= 0.3 is 0 Å². The number of nitrogens with zero attached hydrogens (tertiary/aromatic N) is 2. The van der Waals surface area contributed by atoms with Crippen LogP contribution in [0.3, 0.4) is 0 Å². The van der Waals surface area contributed by atoms with Gasteiger partial charge in [-0.05, 0) is 110 Å². The normalized spacial score (nSPS) is 14.8. The van der Waals surface area contributed by atoms with Gasteiger partial charge in [0, 0.05) is 44.4 Å². The van der Waals surface area contributed by atoms with Crippen LogP contribution in [-0.4, -0.2) is 4.57 Å². The van der Waals surface area contributed by atoms with Crippen LogP contribution in [-0.2, 0) is 10.8 Å². The third kappa shape index (κ3) is 3.84. The largest absolute Gasteiger partial charge is 0.310 e. The van der Waals surface area contributed by atoms with Crippen molar-refractivity contribution >= 4 is 49.6 Å². The molecule has 9 aromatic rings. The Bertz CT molecular complexity index is 2740. The van der Waals surface area contributed by atoms with E-state index in [-0.39, 0.29) is 10.8 Å². The minimum absolute atomic E-state index is 0.101. The first-order valence-electron chi connectivity index (χ1n) is 18.4. The van der Waals surface area contributed by atoms with E-state index in [2.05, 4.69) is 195 Å². The van der Waals surface area contributed by atoms with Crippen molar-refractivity contribution in [1.82, 2.24) is 4.57 Å². The summed E-state index contributed by atoms with van der Waals surface area (Å²) in [7, 11) is 0. The molecule has 2 aliphatic carbocycles. The first kappa shape index (κ1) is 29.6. The standard InChI is InChI=1S/C50H38N2/c1-49(2)41-18-7-5-16-37(41)39-26-24-35(29-43(39)49)51(36-25-27-40-38-17-6-8-19-42(38)50(3,4)44(40)30-36)33-14-11-15-34(28-33)52-45-20-9-12-31-22-23-32-13-10-21-46(52)48(32)47(31)45/h5-30H,1-4H3. The smallest absolute Gasteiger partial charge is 0.0547 e. The zero-order valence-electron chi connectivity index (χ0n) is 29.9. The molecule has 0 fully saturated rings. The maximum atomic E-state index is 2.48. The van der Waals surface area contributed by atoms with Gasteiger partial charge in [0.2, 0.25) is 0 Å². The van der Waals surface area contributed by atoms with Gasteiger partial charge in [-0.3, -0.25) is 0 Å². The molecule has 2 aliphatic rings. The van der Waals surface area contributed by atoms with Gasteiger partial charge in [-0.15, -0.1) is 0 Å². The van der Waals surface area contributed by atoms with Crippen LogP contribution in [0.4, 0.5) is 17.1 Å². The zero-order valence-corrected chi connectivity index (χ0v) is 29.9. The highest BCUT2D eigenvalue weighted by atomic mass is 15.1. The minimum atomic E-state index is -0.101. The van der Waals surface area contributed by atoms with Crippen molar-refractivity contribution in [2.75, 3.05) is 4.90 Å². The Morgan fingerprint density at radius 2 is 0.846 bits per heavy atom. The second-order valence-electron chi connectivity index (χ2n) is 15.8. The Balaban J connectivity index is 1.14. The predicted octanol–water partition coefficient (Wildman–Crippen LogP) is 13.5. The van der Waals surface area contributed by atoms with Gasteiger partial charge in [0.05, 0.1) is 11.0 Å². The molecule has 1 aromatic heterocycles. The van der Waals surface area contributed by atoms with E-state index < -0.39 is 0 Å². The Morgan fingerprint density at radius 3 is 1.38 bits per heavy atom. The summed E-state index contributed by atoms with van der Waals surface area (Å²) in [5.41, 5.74) is 17.8. The number of anilines is 3. The lowest BCUT2D eigenvalue weighted by molar-refractivity contribution is 0.660. The highest BCUT2D eigenvalue weighted by molar-refractivity contribution is 6.24. The van der Waals surface area contributed by atoms with Gasteiger partial charge in [-0.2, -0.15) is 0 Å². The Labute approximate surface area is 304 Å². The van der Waals surface area contributed by atoms with Crippen LogP contribution in [0.25, 0.3) is 60.5 Å². The Hall–Kier alpha value is -6.12. The lowest BCUT2D eigenvalue weighted by Crippen LogP contribution is -2.18. The molecule has 0 bridgehead atoms. The van der Waals surface area contributed by atoms with E-state index in [1.165, 1.54) is 88.5 Å². The summed E-state index contributed by atoms with van der Waals surface area (Å²) in [6.07, 6.45) is 0. The van der Waals surface area contributed by atoms with Gasteiger partial charge in [0.15, 0.2) is 0 Å². The van der Waals surface area contributed by atoms with Crippen LogP contribution in [0.15, 0.2) is 158 Å². The number of benzene rings is 8. The van der Waals surface area contributed by atoms with E-state index in [0.29, 0.717) is 0 Å². The van der Waals surface area contributed by atoms with Crippen molar-refractivity contribution in [3.05, 3.63) is 180 Å². The molecule has 0 radical (unpaired) electrons. The molecule has 52 heavy (non-hydrogen) atoms. The molecule has 1 heterocycles. The molecule has 0 saturated carbocycles.